The van der Waals surface area contributed by atoms with Gasteiger partial charge in [-0.1, -0.05) is 27.7 Å². The maximum atomic E-state index is 11.8. The van der Waals surface area contributed by atoms with Gasteiger partial charge in [0.25, 0.3) is 0 Å². The van der Waals surface area contributed by atoms with E-state index in [-0.39, 0.29) is 6.03 Å². The molecule has 1 aromatic carbocycles. The summed E-state index contributed by atoms with van der Waals surface area (Å²) < 4.78 is 0. The van der Waals surface area contributed by atoms with E-state index in [2.05, 4.69) is 38.3 Å². The molecule has 0 fully saturated rings. The molecule has 0 bridgehead atoms. The summed E-state index contributed by atoms with van der Waals surface area (Å²) in [6.07, 6.45) is 0. The molecular formula is C16H23N3O. The Kier molecular flexibility index (Phi) is 6.05. The number of hydrogen-bond donors (Lipinski definition) is 2. The number of benzene rings is 1. The first-order valence-electron chi connectivity index (χ1n) is 6.99. The molecular weight excluding hydrogens is 250 g/mol. The molecule has 0 spiro atoms. The van der Waals surface area contributed by atoms with Crippen molar-refractivity contribution >= 4 is 11.7 Å². The van der Waals surface area contributed by atoms with E-state index in [1.54, 1.807) is 24.3 Å². The Morgan fingerprint density at radius 3 is 2.15 bits per heavy atom. The third kappa shape index (κ3) is 4.93. The lowest BCUT2D eigenvalue weighted by Crippen LogP contribution is -2.36. The SMILES string of the molecule is CC(C)C(CNC(=O)Nc1ccc(C#N)cc1)C(C)C. The minimum Gasteiger partial charge on any atom is -0.338 e. The number of carbonyl (C=O) groups excluding carboxylic acids is 1. The lowest BCUT2D eigenvalue weighted by Gasteiger charge is -2.25. The first kappa shape index (κ1) is 16.0. The van der Waals surface area contributed by atoms with E-state index in [4.69, 9.17) is 5.26 Å². The van der Waals surface area contributed by atoms with Crippen LogP contribution in [0.1, 0.15) is 33.3 Å². The molecule has 4 nitrogen and oxygen atoms in total. The Hall–Kier alpha value is -2.02. The molecule has 108 valence electrons. The normalized spacial score (nSPS) is 10.7. The molecule has 0 aliphatic carbocycles. The van der Waals surface area contributed by atoms with Gasteiger partial charge >= 0.3 is 6.03 Å². The Labute approximate surface area is 121 Å². The second-order valence-electron chi connectivity index (χ2n) is 5.68. The highest BCUT2D eigenvalue weighted by atomic mass is 16.2. The average molecular weight is 273 g/mol. The molecule has 0 saturated carbocycles. The van der Waals surface area contributed by atoms with Gasteiger partial charge in [0.1, 0.15) is 0 Å². The van der Waals surface area contributed by atoms with Gasteiger partial charge in [-0.25, -0.2) is 4.79 Å². The second-order valence-corrected chi connectivity index (χ2v) is 5.68. The molecule has 0 aliphatic heterocycles. The monoisotopic (exact) mass is 273 g/mol. The number of amides is 2. The van der Waals surface area contributed by atoms with Crippen LogP contribution in [0, 0.1) is 29.1 Å². The minimum atomic E-state index is -0.207. The summed E-state index contributed by atoms with van der Waals surface area (Å²) in [6.45, 7) is 9.35. The van der Waals surface area contributed by atoms with Crippen molar-refractivity contribution in [2.75, 3.05) is 11.9 Å². The highest BCUT2D eigenvalue weighted by Gasteiger charge is 2.18. The lowest BCUT2D eigenvalue weighted by molar-refractivity contribution is 0.239. The Bertz CT molecular complexity index is 463. The fourth-order valence-corrected chi connectivity index (χ4v) is 2.26. The van der Waals surface area contributed by atoms with E-state index in [1.165, 1.54) is 0 Å². The number of anilines is 1. The number of carbonyl (C=O) groups is 1. The number of nitrogens with one attached hydrogen (secondary N) is 2. The van der Waals surface area contributed by atoms with Crippen molar-refractivity contribution < 1.29 is 4.79 Å². The smallest absolute Gasteiger partial charge is 0.319 e. The summed E-state index contributed by atoms with van der Waals surface area (Å²) in [5.74, 6) is 1.53. The predicted octanol–water partition coefficient (Wildman–Crippen LogP) is 3.61. The average Bonchev–Trinajstić information content (AvgIpc) is 2.39. The second kappa shape index (κ2) is 7.54. The van der Waals surface area contributed by atoms with E-state index >= 15 is 0 Å². The fraction of sp³-hybridized carbons (Fsp3) is 0.500. The van der Waals surface area contributed by atoms with Crippen LogP contribution >= 0.6 is 0 Å². The molecule has 1 rings (SSSR count). The van der Waals surface area contributed by atoms with Crippen molar-refractivity contribution in [2.45, 2.75) is 27.7 Å². The molecule has 0 unspecified atom stereocenters. The van der Waals surface area contributed by atoms with E-state index < -0.39 is 0 Å². The van der Waals surface area contributed by atoms with E-state index in [0.29, 0.717) is 35.5 Å². The maximum Gasteiger partial charge on any atom is 0.319 e. The molecule has 2 amide bonds. The van der Waals surface area contributed by atoms with Gasteiger partial charge in [0.05, 0.1) is 11.6 Å². The van der Waals surface area contributed by atoms with E-state index in [0.717, 1.165) is 0 Å². The van der Waals surface area contributed by atoms with Crippen molar-refractivity contribution in [3.8, 4) is 6.07 Å². The Balaban J connectivity index is 2.49. The predicted molar refractivity (Wildman–Crippen MR) is 81.3 cm³/mol. The van der Waals surface area contributed by atoms with Gasteiger partial charge in [0.15, 0.2) is 0 Å². The maximum absolute atomic E-state index is 11.8. The topological polar surface area (TPSA) is 64.9 Å². The molecule has 4 heteroatoms. The van der Waals surface area contributed by atoms with Gasteiger partial charge in [-0.15, -0.1) is 0 Å². The minimum absolute atomic E-state index is 0.207. The van der Waals surface area contributed by atoms with Crippen LogP contribution < -0.4 is 10.6 Å². The molecule has 0 atom stereocenters. The van der Waals surface area contributed by atoms with Crippen LogP contribution in [0.15, 0.2) is 24.3 Å². The molecule has 2 N–H and O–H groups in total. The van der Waals surface area contributed by atoms with Crippen LogP contribution in [0.5, 0.6) is 0 Å². The quantitative estimate of drug-likeness (QED) is 0.860. The van der Waals surface area contributed by atoms with Gasteiger partial charge in [-0.3, -0.25) is 0 Å². The van der Waals surface area contributed by atoms with E-state index in [9.17, 15) is 4.79 Å². The third-order valence-corrected chi connectivity index (χ3v) is 3.48. The fourth-order valence-electron chi connectivity index (χ4n) is 2.26. The van der Waals surface area contributed by atoms with Gasteiger partial charge in [-0.05, 0) is 42.0 Å². The van der Waals surface area contributed by atoms with Crippen LogP contribution in [0.2, 0.25) is 0 Å². The van der Waals surface area contributed by atoms with Gasteiger partial charge in [0.2, 0.25) is 0 Å². The summed E-state index contributed by atoms with van der Waals surface area (Å²) in [7, 11) is 0. The summed E-state index contributed by atoms with van der Waals surface area (Å²) >= 11 is 0. The summed E-state index contributed by atoms with van der Waals surface area (Å²) in [4.78, 5) is 11.8. The van der Waals surface area contributed by atoms with Crippen LogP contribution in [0.25, 0.3) is 0 Å². The van der Waals surface area contributed by atoms with Crippen LogP contribution in [0.3, 0.4) is 0 Å². The zero-order valence-corrected chi connectivity index (χ0v) is 12.6. The molecule has 0 heterocycles. The van der Waals surface area contributed by atoms with Crippen LogP contribution in [0.4, 0.5) is 10.5 Å². The van der Waals surface area contributed by atoms with E-state index in [1.807, 2.05) is 6.07 Å². The highest BCUT2D eigenvalue weighted by Crippen LogP contribution is 2.19. The third-order valence-electron chi connectivity index (χ3n) is 3.48. The molecule has 1 aromatic rings. The Morgan fingerprint density at radius 2 is 1.70 bits per heavy atom. The Morgan fingerprint density at radius 1 is 1.15 bits per heavy atom. The molecule has 0 saturated heterocycles. The zero-order chi connectivity index (χ0) is 15.1. The number of urea groups is 1. The van der Waals surface area contributed by atoms with Gasteiger partial charge in [0, 0.05) is 12.2 Å². The first-order valence-corrected chi connectivity index (χ1v) is 6.99. The number of nitriles is 1. The van der Waals surface area contributed by atoms with Crippen LogP contribution in [-0.2, 0) is 0 Å². The number of hydrogen-bond acceptors (Lipinski definition) is 2. The van der Waals surface area contributed by atoms with Crippen molar-refractivity contribution in [1.29, 1.82) is 5.26 Å². The van der Waals surface area contributed by atoms with Crippen molar-refractivity contribution in [3.63, 3.8) is 0 Å². The standard InChI is InChI=1S/C16H23N3O/c1-11(2)15(12(3)4)10-18-16(20)19-14-7-5-13(9-17)6-8-14/h5-8,11-12,15H,10H2,1-4H3,(H2,18,19,20). The first-order chi connectivity index (χ1) is 9.43. The van der Waals surface area contributed by atoms with Crippen LogP contribution in [-0.4, -0.2) is 12.6 Å². The molecule has 0 radical (unpaired) electrons. The number of rotatable bonds is 5. The van der Waals surface area contributed by atoms with Gasteiger partial charge in [-0.2, -0.15) is 5.26 Å². The van der Waals surface area contributed by atoms with Crippen molar-refractivity contribution in [1.82, 2.24) is 5.32 Å². The summed E-state index contributed by atoms with van der Waals surface area (Å²) in [5.41, 5.74) is 1.27. The van der Waals surface area contributed by atoms with Gasteiger partial charge < -0.3 is 10.6 Å². The molecule has 20 heavy (non-hydrogen) atoms. The molecule has 0 aliphatic rings. The summed E-state index contributed by atoms with van der Waals surface area (Å²) in [5, 5.41) is 14.4. The zero-order valence-electron chi connectivity index (χ0n) is 12.6. The molecule has 0 aromatic heterocycles. The van der Waals surface area contributed by atoms with Crippen molar-refractivity contribution in [3.05, 3.63) is 29.8 Å². The lowest BCUT2D eigenvalue weighted by atomic mass is 9.85. The highest BCUT2D eigenvalue weighted by molar-refractivity contribution is 5.89. The number of nitrogens with zero attached hydrogens (tertiary/aromatic N) is 1. The van der Waals surface area contributed by atoms with Crippen molar-refractivity contribution in [2.24, 2.45) is 17.8 Å². The largest absolute Gasteiger partial charge is 0.338 e. The summed E-state index contributed by atoms with van der Waals surface area (Å²) in [6, 6.07) is 8.64.